The number of nitrogens with zero attached hydrogens (tertiary/aromatic N) is 2. The normalized spacial score (nSPS) is 16.7. The van der Waals surface area contributed by atoms with Gasteiger partial charge in [-0.15, -0.1) is 0 Å². The zero-order valence-electron chi connectivity index (χ0n) is 9.98. The number of rotatable bonds is 4. The molecule has 100 valence electrons. The maximum Gasteiger partial charge on any atom is 0.259 e. The van der Waals surface area contributed by atoms with E-state index >= 15 is 0 Å². The molecule has 1 aliphatic heterocycles. The second-order valence-corrected chi connectivity index (χ2v) is 6.15. The zero-order valence-corrected chi connectivity index (χ0v) is 11.6. The highest BCUT2D eigenvalue weighted by atomic mass is 35.5. The van der Waals surface area contributed by atoms with Crippen molar-refractivity contribution in [1.82, 2.24) is 19.8 Å². The Morgan fingerprint density at radius 3 is 2.94 bits per heavy atom. The summed E-state index contributed by atoms with van der Waals surface area (Å²) in [6.45, 7) is 1.97. The monoisotopic (exact) mass is 290 g/mol. The first kappa shape index (κ1) is 13.5. The lowest BCUT2D eigenvalue weighted by Crippen LogP contribution is -2.30. The van der Waals surface area contributed by atoms with Crippen molar-refractivity contribution >= 4 is 21.6 Å². The summed E-state index contributed by atoms with van der Waals surface area (Å²) >= 11 is 5.82. The van der Waals surface area contributed by atoms with Crippen LogP contribution in [0.25, 0.3) is 0 Å². The van der Waals surface area contributed by atoms with E-state index in [4.69, 9.17) is 11.6 Å². The van der Waals surface area contributed by atoms with Gasteiger partial charge in [-0.1, -0.05) is 23.3 Å². The van der Waals surface area contributed by atoms with E-state index in [2.05, 4.69) is 15.1 Å². The van der Waals surface area contributed by atoms with Crippen molar-refractivity contribution in [3.8, 4) is 0 Å². The summed E-state index contributed by atoms with van der Waals surface area (Å²) in [6.07, 6.45) is 4.17. The van der Waals surface area contributed by atoms with Crippen LogP contribution in [0.4, 0.5) is 0 Å². The molecular formula is C10H15ClN4O2S. The molecule has 0 saturated carbocycles. The standard InChI is InChI=1S/C10H15ClN4O2S/c1-15-10(9(11)7-13-15)18(16,17)14-6-8-2-4-12-5-3-8/h2,7,12,14H,3-6H2,1H3. The third kappa shape index (κ3) is 2.92. The summed E-state index contributed by atoms with van der Waals surface area (Å²) in [5, 5.41) is 7.11. The van der Waals surface area contributed by atoms with E-state index in [-0.39, 0.29) is 10.0 Å². The molecule has 0 aromatic carbocycles. The molecule has 6 nitrogen and oxygen atoms in total. The van der Waals surface area contributed by atoms with Crippen LogP contribution >= 0.6 is 11.6 Å². The average molecular weight is 291 g/mol. The van der Waals surface area contributed by atoms with E-state index in [1.165, 1.54) is 10.9 Å². The number of nitrogens with one attached hydrogen (secondary N) is 2. The SMILES string of the molecule is Cn1ncc(Cl)c1S(=O)(=O)NCC1=CCNCC1. The minimum Gasteiger partial charge on any atom is -0.313 e. The summed E-state index contributed by atoms with van der Waals surface area (Å²) < 4.78 is 28.0. The van der Waals surface area contributed by atoms with Crippen LogP contribution in [0.5, 0.6) is 0 Å². The molecule has 0 aliphatic carbocycles. The summed E-state index contributed by atoms with van der Waals surface area (Å²) in [7, 11) is -2.07. The number of sulfonamides is 1. The Morgan fingerprint density at radius 2 is 2.39 bits per heavy atom. The van der Waals surface area contributed by atoms with Gasteiger partial charge in [-0.3, -0.25) is 4.68 Å². The molecule has 1 aromatic rings. The highest BCUT2D eigenvalue weighted by Crippen LogP contribution is 2.19. The van der Waals surface area contributed by atoms with E-state index in [1.807, 2.05) is 6.08 Å². The second kappa shape index (κ2) is 5.40. The van der Waals surface area contributed by atoms with E-state index in [1.54, 1.807) is 7.05 Å². The minimum absolute atomic E-state index is 0.00120. The Hall–Kier alpha value is -0.890. The Bertz CT molecular complexity index is 545. The van der Waals surface area contributed by atoms with E-state index < -0.39 is 10.0 Å². The van der Waals surface area contributed by atoms with Gasteiger partial charge in [0.05, 0.1) is 11.2 Å². The molecule has 0 radical (unpaired) electrons. The van der Waals surface area contributed by atoms with Gasteiger partial charge >= 0.3 is 0 Å². The smallest absolute Gasteiger partial charge is 0.259 e. The Labute approximate surface area is 111 Å². The molecule has 0 fully saturated rings. The molecule has 8 heteroatoms. The maximum absolute atomic E-state index is 12.1. The van der Waals surface area contributed by atoms with Crippen molar-refractivity contribution < 1.29 is 8.42 Å². The van der Waals surface area contributed by atoms with Crippen molar-refractivity contribution in [3.05, 3.63) is 22.9 Å². The first-order chi connectivity index (χ1) is 8.50. The molecule has 2 rings (SSSR count). The quantitative estimate of drug-likeness (QED) is 0.781. The summed E-state index contributed by atoms with van der Waals surface area (Å²) in [5.74, 6) is 0. The third-order valence-corrected chi connectivity index (χ3v) is 4.65. The van der Waals surface area contributed by atoms with E-state index in [9.17, 15) is 8.42 Å². The number of hydrogen-bond acceptors (Lipinski definition) is 4. The van der Waals surface area contributed by atoms with Crippen LogP contribution in [-0.2, 0) is 17.1 Å². The fourth-order valence-electron chi connectivity index (χ4n) is 1.79. The highest BCUT2D eigenvalue weighted by Gasteiger charge is 2.22. The first-order valence-corrected chi connectivity index (χ1v) is 7.42. The Morgan fingerprint density at radius 1 is 1.61 bits per heavy atom. The maximum atomic E-state index is 12.1. The van der Waals surface area contributed by atoms with Crippen LogP contribution in [0.3, 0.4) is 0 Å². The van der Waals surface area contributed by atoms with Crippen LogP contribution in [0, 0.1) is 0 Å². The number of aryl methyl sites for hydroxylation is 1. The van der Waals surface area contributed by atoms with Gasteiger partial charge in [0, 0.05) is 20.1 Å². The molecule has 1 aromatic heterocycles. The molecule has 0 atom stereocenters. The summed E-state index contributed by atoms with van der Waals surface area (Å²) in [4.78, 5) is 0. The number of aromatic nitrogens is 2. The zero-order chi connectivity index (χ0) is 13.2. The van der Waals surface area contributed by atoms with Gasteiger partial charge in [0.2, 0.25) is 0 Å². The van der Waals surface area contributed by atoms with Crippen molar-refractivity contribution in [2.75, 3.05) is 19.6 Å². The van der Waals surface area contributed by atoms with Gasteiger partial charge < -0.3 is 5.32 Å². The molecule has 0 saturated heterocycles. The van der Waals surface area contributed by atoms with Crippen LogP contribution in [0.2, 0.25) is 5.02 Å². The lowest BCUT2D eigenvalue weighted by molar-refractivity contribution is 0.564. The molecule has 2 heterocycles. The molecular weight excluding hydrogens is 276 g/mol. The number of halogens is 1. The second-order valence-electron chi connectivity index (χ2n) is 4.06. The van der Waals surface area contributed by atoms with Gasteiger partial charge in [-0.25, -0.2) is 13.1 Å². The van der Waals surface area contributed by atoms with Crippen molar-refractivity contribution in [1.29, 1.82) is 0 Å². The van der Waals surface area contributed by atoms with Crippen LogP contribution < -0.4 is 10.0 Å². The largest absolute Gasteiger partial charge is 0.313 e. The summed E-state index contributed by atoms with van der Waals surface area (Å²) in [5.41, 5.74) is 1.08. The van der Waals surface area contributed by atoms with Gasteiger partial charge in [0.25, 0.3) is 10.0 Å². The fraction of sp³-hybridized carbons (Fsp3) is 0.500. The van der Waals surface area contributed by atoms with E-state index in [0.717, 1.165) is 25.1 Å². The number of hydrogen-bond donors (Lipinski definition) is 2. The van der Waals surface area contributed by atoms with Gasteiger partial charge in [0.15, 0.2) is 5.03 Å². The Kier molecular flexibility index (Phi) is 4.06. The average Bonchev–Trinajstić information content (AvgIpc) is 2.69. The minimum atomic E-state index is -3.62. The van der Waals surface area contributed by atoms with Crippen LogP contribution in [-0.4, -0.2) is 37.8 Å². The molecule has 2 N–H and O–H groups in total. The van der Waals surface area contributed by atoms with Crippen LogP contribution in [0.15, 0.2) is 22.9 Å². The predicted octanol–water partition coefficient (Wildman–Crippen LogP) is 0.271. The molecule has 0 bridgehead atoms. The Balaban J connectivity index is 2.10. The molecule has 0 amide bonds. The van der Waals surface area contributed by atoms with Crippen LogP contribution in [0.1, 0.15) is 6.42 Å². The fourth-order valence-corrected chi connectivity index (χ4v) is 3.48. The van der Waals surface area contributed by atoms with Gasteiger partial charge in [0.1, 0.15) is 0 Å². The highest BCUT2D eigenvalue weighted by molar-refractivity contribution is 7.89. The lowest BCUT2D eigenvalue weighted by Gasteiger charge is -2.14. The van der Waals surface area contributed by atoms with Crippen molar-refractivity contribution in [3.63, 3.8) is 0 Å². The molecule has 1 aliphatic rings. The topological polar surface area (TPSA) is 76.0 Å². The van der Waals surface area contributed by atoms with Gasteiger partial charge in [-0.2, -0.15) is 5.10 Å². The first-order valence-electron chi connectivity index (χ1n) is 5.56. The molecule has 18 heavy (non-hydrogen) atoms. The third-order valence-electron chi connectivity index (χ3n) is 2.74. The summed E-state index contributed by atoms with van der Waals surface area (Å²) in [6, 6.07) is 0. The van der Waals surface area contributed by atoms with Crippen molar-refractivity contribution in [2.45, 2.75) is 11.4 Å². The lowest BCUT2D eigenvalue weighted by atomic mass is 10.1. The molecule has 0 unspecified atom stereocenters. The van der Waals surface area contributed by atoms with Gasteiger partial charge in [-0.05, 0) is 13.0 Å². The predicted molar refractivity (Wildman–Crippen MR) is 69.0 cm³/mol. The molecule has 0 spiro atoms. The van der Waals surface area contributed by atoms with Crippen molar-refractivity contribution in [2.24, 2.45) is 7.05 Å². The van der Waals surface area contributed by atoms with E-state index in [0.29, 0.717) is 6.54 Å².